The summed E-state index contributed by atoms with van der Waals surface area (Å²) in [7, 11) is 2.00. The first-order valence-electron chi connectivity index (χ1n) is 6.00. The number of anilines is 3. The highest BCUT2D eigenvalue weighted by Gasteiger charge is 2.27. The molecule has 0 unspecified atom stereocenters. The lowest BCUT2D eigenvalue weighted by atomic mass is 10.2. The van der Waals surface area contributed by atoms with Crippen LogP contribution >= 0.6 is 0 Å². The number of aryl methyl sites for hydroxylation is 2. The van der Waals surface area contributed by atoms with E-state index in [0.29, 0.717) is 0 Å². The Bertz CT molecular complexity index is 580. The molecule has 0 fully saturated rings. The molecule has 0 amide bonds. The van der Waals surface area contributed by atoms with Crippen molar-refractivity contribution < 1.29 is 0 Å². The second kappa shape index (κ2) is 3.99. The maximum atomic E-state index is 4.49. The van der Waals surface area contributed by atoms with Gasteiger partial charge in [0.15, 0.2) is 0 Å². The first-order valence-corrected chi connectivity index (χ1v) is 6.00. The van der Waals surface area contributed by atoms with Crippen LogP contribution in [0.3, 0.4) is 0 Å². The summed E-state index contributed by atoms with van der Waals surface area (Å²) in [4.78, 5) is 4.49. The molecule has 0 bridgehead atoms. The van der Waals surface area contributed by atoms with Crippen LogP contribution < -0.4 is 10.4 Å². The Hall–Kier alpha value is -2.07. The molecule has 1 aliphatic heterocycles. The lowest BCUT2D eigenvalue weighted by Crippen LogP contribution is -2.34. The summed E-state index contributed by atoms with van der Waals surface area (Å²) in [5.74, 6) is 0. The summed E-state index contributed by atoms with van der Waals surface area (Å²) in [5.41, 5.74) is 8.75. The van der Waals surface area contributed by atoms with Crippen LogP contribution in [-0.2, 0) is 0 Å². The zero-order valence-corrected chi connectivity index (χ0v) is 10.8. The number of nitrogens with zero attached hydrogens (tertiary/aromatic N) is 3. The molecule has 1 aromatic carbocycles. The van der Waals surface area contributed by atoms with Gasteiger partial charge in [-0.05, 0) is 32.0 Å². The molecule has 2 aromatic rings. The highest BCUT2D eigenvalue weighted by Crippen LogP contribution is 2.40. The van der Waals surface area contributed by atoms with Gasteiger partial charge in [0, 0.05) is 12.7 Å². The van der Waals surface area contributed by atoms with Crippen molar-refractivity contribution in [2.24, 2.45) is 0 Å². The van der Waals surface area contributed by atoms with Crippen molar-refractivity contribution in [3.05, 3.63) is 47.8 Å². The van der Waals surface area contributed by atoms with Crippen LogP contribution in [0.1, 0.15) is 11.4 Å². The Morgan fingerprint density at radius 2 is 1.83 bits per heavy atom. The molecule has 92 valence electrons. The monoisotopic (exact) mass is 240 g/mol. The third-order valence-electron chi connectivity index (χ3n) is 3.11. The van der Waals surface area contributed by atoms with Crippen molar-refractivity contribution >= 4 is 17.1 Å². The van der Waals surface area contributed by atoms with E-state index in [9.17, 15) is 0 Å². The smallest absolute Gasteiger partial charge is 0.0973 e. The summed E-state index contributed by atoms with van der Waals surface area (Å²) in [6.45, 7) is 4.05. The normalized spacial score (nSPS) is 14.5. The number of hydrazine groups is 2. The van der Waals surface area contributed by atoms with E-state index < -0.39 is 0 Å². The van der Waals surface area contributed by atoms with Gasteiger partial charge in [-0.2, -0.15) is 0 Å². The minimum atomic E-state index is 1.02. The molecular weight excluding hydrogens is 224 g/mol. The van der Waals surface area contributed by atoms with Crippen LogP contribution in [0, 0.1) is 13.8 Å². The maximum Gasteiger partial charge on any atom is 0.0973 e. The topological polar surface area (TPSA) is 31.4 Å². The maximum absolute atomic E-state index is 4.49. The molecule has 2 heterocycles. The largest absolute Gasteiger partial charge is 0.297 e. The van der Waals surface area contributed by atoms with Crippen molar-refractivity contribution in [3.8, 4) is 0 Å². The Kier molecular flexibility index (Phi) is 2.45. The number of hydrogen-bond donors (Lipinski definition) is 1. The van der Waals surface area contributed by atoms with Crippen LogP contribution in [0.15, 0.2) is 36.4 Å². The van der Waals surface area contributed by atoms with E-state index in [-0.39, 0.29) is 0 Å². The molecule has 0 spiro atoms. The summed E-state index contributed by atoms with van der Waals surface area (Å²) in [6, 6.07) is 12.4. The summed E-state index contributed by atoms with van der Waals surface area (Å²) in [5, 5.41) is 4.13. The van der Waals surface area contributed by atoms with Gasteiger partial charge in [-0.15, -0.1) is 5.12 Å². The van der Waals surface area contributed by atoms with Crippen LogP contribution in [0.25, 0.3) is 0 Å². The molecule has 4 nitrogen and oxygen atoms in total. The summed E-state index contributed by atoms with van der Waals surface area (Å²) in [6.07, 6.45) is 0. The van der Waals surface area contributed by atoms with Crippen LogP contribution in [0.4, 0.5) is 17.1 Å². The molecule has 18 heavy (non-hydrogen) atoms. The predicted octanol–water partition coefficient (Wildman–Crippen LogP) is 3.02. The number of rotatable bonds is 1. The van der Waals surface area contributed by atoms with Gasteiger partial charge in [-0.3, -0.25) is 15.4 Å². The van der Waals surface area contributed by atoms with Gasteiger partial charge >= 0.3 is 0 Å². The Morgan fingerprint density at radius 1 is 1.11 bits per heavy atom. The van der Waals surface area contributed by atoms with E-state index in [2.05, 4.69) is 33.6 Å². The average Bonchev–Trinajstić information content (AvgIpc) is 2.67. The number of fused-ring (bicyclic) bond motifs is 1. The number of benzene rings is 1. The van der Waals surface area contributed by atoms with Gasteiger partial charge in [-0.25, -0.2) is 0 Å². The molecule has 0 saturated carbocycles. The van der Waals surface area contributed by atoms with Crippen LogP contribution in [-0.4, -0.2) is 17.1 Å². The second-order valence-electron chi connectivity index (χ2n) is 4.53. The Balaban J connectivity index is 2.15. The molecule has 4 heteroatoms. The Labute approximate surface area is 107 Å². The van der Waals surface area contributed by atoms with Crippen molar-refractivity contribution in [1.29, 1.82) is 0 Å². The highest BCUT2D eigenvalue weighted by molar-refractivity contribution is 5.80. The minimum Gasteiger partial charge on any atom is -0.297 e. The van der Waals surface area contributed by atoms with Gasteiger partial charge in [-0.1, -0.05) is 18.2 Å². The number of pyridine rings is 1. The molecule has 1 aromatic heterocycles. The number of hydrogen-bond acceptors (Lipinski definition) is 4. The Morgan fingerprint density at radius 3 is 2.56 bits per heavy atom. The van der Waals surface area contributed by atoms with E-state index in [4.69, 9.17) is 0 Å². The fourth-order valence-electron chi connectivity index (χ4n) is 2.37. The second-order valence-corrected chi connectivity index (χ2v) is 4.53. The first-order chi connectivity index (χ1) is 8.66. The van der Waals surface area contributed by atoms with Crippen molar-refractivity contribution in [1.82, 2.24) is 10.1 Å². The third-order valence-corrected chi connectivity index (χ3v) is 3.11. The van der Waals surface area contributed by atoms with Gasteiger partial charge < -0.3 is 0 Å². The number of para-hydroxylation sites is 1. The van der Waals surface area contributed by atoms with E-state index in [1.165, 1.54) is 0 Å². The van der Waals surface area contributed by atoms with E-state index in [1.807, 2.05) is 44.2 Å². The van der Waals surface area contributed by atoms with Gasteiger partial charge in [0.1, 0.15) is 0 Å². The van der Waals surface area contributed by atoms with Gasteiger partial charge in [0.2, 0.25) is 0 Å². The predicted molar refractivity (Wildman–Crippen MR) is 73.7 cm³/mol. The fraction of sp³-hybridized carbons (Fsp3) is 0.214. The standard InChI is InChI=1S/C14H16N4/c1-10-9-13-14(11(2)15-10)16-17(3)18(13)12-7-5-4-6-8-12/h4-9,16H,1-3H3. The van der Waals surface area contributed by atoms with E-state index >= 15 is 0 Å². The lowest BCUT2D eigenvalue weighted by molar-refractivity contribution is 0.432. The summed E-state index contributed by atoms with van der Waals surface area (Å²) >= 11 is 0. The molecule has 1 aliphatic rings. The minimum absolute atomic E-state index is 1.02. The van der Waals surface area contributed by atoms with E-state index in [1.54, 1.807) is 0 Å². The number of nitrogens with one attached hydrogen (secondary N) is 1. The zero-order chi connectivity index (χ0) is 12.7. The van der Waals surface area contributed by atoms with Crippen LogP contribution in [0.2, 0.25) is 0 Å². The number of aromatic nitrogens is 1. The highest BCUT2D eigenvalue weighted by atomic mass is 15.8. The third kappa shape index (κ3) is 1.62. The van der Waals surface area contributed by atoms with Crippen LogP contribution in [0.5, 0.6) is 0 Å². The van der Waals surface area contributed by atoms with E-state index in [0.717, 1.165) is 28.5 Å². The SMILES string of the molecule is Cc1cc2c(c(C)n1)NN(C)N2c1ccccc1. The zero-order valence-electron chi connectivity index (χ0n) is 10.8. The molecule has 0 aliphatic carbocycles. The molecule has 0 saturated heterocycles. The van der Waals surface area contributed by atoms with Crippen molar-refractivity contribution in [2.45, 2.75) is 13.8 Å². The summed E-state index contributed by atoms with van der Waals surface area (Å²) < 4.78 is 0. The van der Waals surface area contributed by atoms with Crippen molar-refractivity contribution in [3.63, 3.8) is 0 Å². The van der Waals surface area contributed by atoms with Crippen molar-refractivity contribution in [2.75, 3.05) is 17.5 Å². The molecule has 0 radical (unpaired) electrons. The van der Waals surface area contributed by atoms with Gasteiger partial charge in [0.25, 0.3) is 0 Å². The lowest BCUT2D eigenvalue weighted by Gasteiger charge is -2.25. The molecule has 1 N–H and O–H groups in total. The van der Waals surface area contributed by atoms with Gasteiger partial charge in [0.05, 0.1) is 22.8 Å². The quantitative estimate of drug-likeness (QED) is 0.830. The first kappa shape index (κ1) is 11.0. The molecule has 0 atom stereocenters. The molecular formula is C14H16N4. The average molecular weight is 240 g/mol. The fourth-order valence-corrected chi connectivity index (χ4v) is 2.37. The molecule has 3 rings (SSSR count).